The number of imidazole rings is 3. The summed E-state index contributed by atoms with van der Waals surface area (Å²) in [4.78, 5) is 90.7. The van der Waals surface area contributed by atoms with Crippen LogP contribution in [0.2, 0.25) is 30.1 Å². The van der Waals surface area contributed by atoms with Crippen LogP contribution in [0.4, 0.5) is 29.1 Å². The van der Waals surface area contributed by atoms with E-state index in [-0.39, 0.29) is 17.7 Å². The molecule has 0 aliphatic carbocycles. The molecule has 0 atom stereocenters. The maximum atomic E-state index is 12.1. The summed E-state index contributed by atoms with van der Waals surface area (Å²) in [6.07, 6.45) is 18.6. The van der Waals surface area contributed by atoms with Crippen LogP contribution in [0, 0.1) is 0 Å². The van der Waals surface area contributed by atoms with Gasteiger partial charge in [0.25, 0.3) is 0 Å². The first-order valence-electron chi connectivity index (χ1n) is 40.7. The highest BCUT2D eigenvalue weighted by molar-refractivity contribution is 6.43. The van der Waals surface area contributed by atoms with E-state index in [1.54, 1.807) is 88.3 Å². The number of halogens is 6. The van der Waals surface area contributed by atoms with Gasteiger partial charge in [-0.3, -0.25) is 32.5 Å². The summed E-state index contributed by atoms with van der Waals surface area (Å²) in [6.45, 7) is 19.5. The number of piperazine rings is 3. The van der Waals surface area contributed by atoms with E-state index in [1.807, 2.05) is 112 Å². The number of hydrogen-bond acceptors (Lipinski definition) is 25. The lowest BCUT2D eigenvalue weighted by molar-refractivity contribution is -0.128. The van der Waals surface area contributed by atoms with E-state index in [0.717, 1.165) is 105 Å². The molecule has 3 aliphatic rings. The number of rotatable bonds is 22. The van der Waals surface area contributed by atoms with E-state index in [0.29, 0.717) is 197 Å². The predicted molar refractivity (Wildman–Crippen MR) is 508 cm³/mol. The average molecular weight is 1860 g/mol. The van der Waals surface area contributed by atoms with Crippen LogP contribution in [0.15, 0.2) is 177 Å². The molecular formula is C92H87Cl6N21O10. The summed E-state index contributed by atoms with van der Waals surface area (Å²) in [5.74, 6) is 5.50. The first-order valence-corrected chi connectivity index (χ1v) is 43.0. The van der Waals surface area contributed by atoms with Crippen LogP contribution >= 0.6 is 69.6 Å². The molecule has 662 valence electrons. The smallest absolute Gasteiger partial charge is 0.246 e. The van der Waals surface area contributed by atoms with E-state index >= 15 is 0 Å². The van der Waals surface area contributed by atoms with Gasteiger partial charge in [-0.25, -0.2) is 39.9 Å². The van der Waals surface area contributed by atoms with Crippen molar-refractivity contribution in [2.24, 2.45) is 0 Å². The molecule has 4 aromatic carbocycles. The quantitative estimate of drug-likeness (QED) is 0.0531. The Morgan fingerprint density at radius 1 is 0.419 bits per heavy atom. The molecule has 3 amide bonds. The third-order valence-electron chi connectivity index (χ3n) is 22.8. The summed E-state index contributed by atoms with van der Waals surface area (Å²) in [7, 11) is 14.6. The Hall–Kier alpha value is -13.4. The van der Waals surface area contributed by atoms with Crippen molar-refractivity contribution in [2.45, 2.75) is 6.54 Å². The number of hydrogen-bond donors (Lipinski definition) is 3. The second-order valence-corrected chi connectivity index (χ2v) is 32.2. The lowest BCUT2D eigenvalue weighted by Crippen LogP contribution is -2.48. The molecule has 0 saturated carbocycles. The molecule has 0 bridgehead atoms. The van der Waals surface area contributed by atoms with Gasteiger partial charge >= 0.3 is 0 Å². The highest BCUT2D eigenvalue weighted by Crippen LogP contribution is 2.52. The Balaban J connectivity index is 0.000000142. The summed E-state index contributed by atoms with van der Waals surface area (Å²) in [6, 6.07) is 27.0. The largest absolute Gasteiger partial charge is 0.495 e. The third-order valence-corrected chi connectivity index (χ3v) is 25.0. The Morgan fingerprint density at radius 2 is 0.837 bits per heavy atom. The molecule has 14 heterocycles. The number of carbonyl (C=O) groups excluding carboxylic acids is 3. The summed E-state index contributed by atoms with van der Waals surface area (Å²) in [5, 5.41) is 13.7. The van der Waals surface area contributed by atoms with Crippen LogP contribution in [0.1, 0.15) is 5.69 Å². The van der Waals surface area contributed by atoms with Crippen molar-refractivity contribution in [1.82, 2.24) is 77.7 Å². The fourth-order valence-corrected chi connectivity index (χ4v) is 18.1. The van der Waals surface area contributed by atoms with E-state index in [4.69, 9.17) is 127 Å². The number of pyridine rings is 6. The number of amides is 3. The van der Waals surface area contributed by atoms with Crippen molar-refractivity contribution in [3.8, 4) is 102 Å². The monoisotopic (exact) mass is 1860 g/mol. The molecule has 0 radical (unpaired) electrons. The molecule has 3 aliphatic heterocycles. The van der Waals surface area contributed by atoms with Crippen LogP contribution in [0.3, 0.4) is 0 Å². The minimum atomic E-state index is -0.0517. The Morgan fingerprint density at radius 3 is 1.27 bits per heavy atom. The lowest BCUT2D eigenvalue weighted by atomic mass is 10.0. The zero-order chi connectivity index (χ0) is 90.7. The zero-order valence-corrected chi connectivity index (χ0v) is 76.2. The van der Waals surface area contributed by atoms with Gasteiger partial charge in [0, 0.05) is 246 Å². The van der Waals surface area contributed by atoms with Crippen molar-refractivity contribution in [1.29, 1.82) is 0 Å². The topological polar surface area (TPSA) is 305 Å². The number of aromatic nitrogens is 12. The van der Waals surface area contributed by atoms with Gasteiger partial charge in [0.1, 0.15) is 80.8 Å². The second kappa shape index (κ2) is 38.3. The number of nitrogens with one attached hydrogen (secondary N) is 3. The number of nitrogens with zero attached hydrogens (tertiary/aromatic N) is 18. The number of methoxy groups -OCH3 is 6. The van der Waals surface area contributed by atoms with E-state index in [1.165, 1.54) is 32.4 Å². The van der Waals surface area contributed by atoms with Gasteiger partial charge < -0.3 is 73.3 Å². The first kappa shape index (κ1) is 89.0. The molecule has 15 aromatic rings. The molecule has 18 rings (SSSR count). The Kier molecular flexibility index (Phi) is 26.4. The molecule has 3 N–H and O–H groups in total. The highest BCUT2D eigenvalue weighted by Gasteiger charge is 2.31. The zero-order valence-electron chi connectivity index (χ0n) is 71.6. The normalized spacial score (nSPS) is 13.6. The number of benzene rings is 4. The van der Waals surface area contributed by atoms with E-state index < -0.39 is 0 Å². The molecule has 3 saturated heterocycles. The van der Waals surface area contributed by atoms with Crippen molar-refractivity contribution in [3.63, 3.8) is 0 Å². The van der Waals surface area contributed by atoms with Crippen molar-refractivity contribution in [2.75, 3.05) is 168 Å². The number of anilines is 5. The third kappa shape index (κ3) is 17.4. The number of fused-ring (bicyclic) bond motifs is 9. The number of ether oxygens (including phenoxy) is 6. The molecule has 31 nitrogen and oxygen atoms in total. The van der Waals surface area contributed by atoms with Gasteiger partial charge in [0.15, 0.2) is 5.65 Å². The molecule has 11 aromatic heterocycles. The van der Waals surface area contributed by atoms with Gasteiger partial charge in [-0.1, -0.05) is 101 Å². The van der Waals surface area contributed by atoms with Gasteiger partial charge in [0.2, 0.25) is 29.6 Å². The van der Waals surface area contributed by atoms with Crippen LogP contribution in [0.5, 0.6) is 34.5 Å². The van der Waals surface area contributed by atoms with Crippen molar-refractivity contribution >= 4 is 166 Å². The summed E-state index contributed by atoms with van der Waals surface area (Å²) < 4.78 is 45.0. The standard InChI is InChI=1S/C32H30Cl2N6O3.C31H29Cl2N7O3.C29H28Cl2N8O4/c1-5-28(41)39-11-9-38(10-12-39)21-8-6-7-19(13-21)23-18-40-24-15-27(35-2)36-17-20(24)14-22(32(40)37-23)29-30(33)25(42-3)16-26(43-4)31(29)34;1-5-27(41)39-10-8-38(9-11-39)26-7-6-18(15-36-26)21-17-40-22-13-25(34-2)35-16-19(22)12-20(31(40)37-21)28-29(32)23(42-3)14-24(43-4)30(28)33;1-5-22(40)38-8-6-37(7-9-38)13-17-15-43-28(34-17)19-14-39-26-16(12-33-29(32-2)36-26)10-18(27(39)35-19)23-24(30)20(41-3)11-21(42-4)25(23)31/h5-8,13-18H,1,9-12H2,2-4H3,(H,35,36);5-7,12-17H,1,8-11H2,2-4H3,(H,34,35);5,10-12,14-15H,1,6-9,13H2,2-4H3,(H,32,33,36). The van der Waals surface area contributed by atoms with Gasteiger partial charge in [-0.05, 0) is 60.7 Å². The maximum Gasteiger partial charge on any atom is 0.246 e. The van der Waals surface area contributed by atoms with Crippen LogP contribution in [-0.4, -0.2) is 238 Å². The minimum absolute atomic E-state index is 0.0355. The molecule has 0 spiro atoms. The van der Waals surface area contributed by atoms with Gasteiger partial charge in [-0.2, -0.15) is 4.98 Å². The molecule has 3 fully saturated rings. The highest BCUT2D eigenvalue weighted by atomic mass is 35.5. The molecule has 129 heavy (non-hydrogen) atoms. The average Bonchev–Trinajstić information content (AvgIpc) is 1.65. The maximum absolute atomic E-state index is 12.1. The summed E-state index contributed by atoms with van der Waals surface area (Å²) >= 11 is 41.1. The van der Waals surface area contributed by atoms with Crippen LogP contribution in [0.25, 0.3) is 117 Å². The fraction of sp³-hybridized carbons (Fsp3) is 0.239. The molecular weight excluding hydrogens is 1770 g/mol. The molecule has 37 heteroatoms. The van der Waals surface area contributed by atoms with Crippen molar-refractivity contribution in [3.05, 3.63) is 208 Å². The minimum Gasteiger partial charge on any atom is -0.495 e. The van der Waals surface area contributed by atoms with Crippen LogP contribution in [-0.2, 0) is 20.9 Å². The van der Waals surface area contributed by atoms with Gasteiger partial charge in [-0.15, -0.1) is 0 Å². The van der Waals surface area contributed by atoms with Gasteiger partial charge in [0.05, 0.1) is 101 Å². The van der Waals surface area contributed by atoms with E-state index in [2.05, 4.69) is 82.5 Å². The van der Waals surface area contributed by atoms with Crippen molar-refractivity contribution < 1.29 is 47.2 Å². The Bertz CT molecular complexity index is 6820. The van der Waals surface area contributed by atoms with E-state index in [9.17, 15) is 14.4 Å². The fourth-order valence-electron chi connectivity index (χ4n) is 16.0. The van der Waals surface area contributed by atoms with Crippen LogP contribution < -0.4 is 54.2 Å². The number of carbonyl (C=O) groups is 3. The first-order chi connectivity index (χ1) is 62.6. The lowest BCUT2D eigenvalue weighted by Gasteiger charge is -2.35. The Labute approximate surface area is 770 Å². The number of oxazole rings is 1. The molecule has 0 unspecified atom stereocenters. The predicted octanol–water partition coefficient (Wildman–Crippen LogP) is 17.0. The second-order valence-electron chi connectivity index (χ2n) is 29.9. The SMILES string of the molecule is C=CC(=O)N1CCN(Cc2coc(-c3cn4c(n3)c(-c3c(Cl)c(OC)cc(OC)c3Cl)cc3cnc(NC)nc34)n2)CC1.C=CC(=O)N1CCN(c2ccc(-c3cn4c(n3)c(-c3c(Cl)c(OC)cc(OC)c3Cl)cc3cnc(NC)cc34)cn2)CC1.C=CC(=O)N1CCN(c2cccc(-c3cn4c(n3)c(-c3c(Cl)c(OC)cc(OC)c3Cl)cc3cnc(NC)cc34)c2)CC1. The summed E-state index contributed by atoms with van der Waals surface area (Å²) in [5.41, 5.74) is 13.5.